The van der Waals surface area contributed by atoms with Crippen molar-refractivity contribution in [2.45, 2.75) is 28.7 Å². The van der Waals surface area contributed by atoms with Crippen molar-refractivity contribution < 1.29 is 16.8 Å². The zero-order chi connectivity index (χ0) is 15.0. The first kappa shape index (κ1) is 18.4. The van der Waals surface area contributed by atoms with Gasteiger partial charge in [-0.15, -0.1) is 12.4 Å². The van der Waals surface area contributed by atoms with Gasteiger partial charge in [-0.2, -0.15) is 0 Å². The fourth-order valence-electron chi connectivity index (χ4n) is 1.97. The summed E-state index contributed by atoms with van der Waals surface area (Å²) in [5, 5.41) is 0. The molecule has 3 N–H and O–H groups in total. The van der Waals surface area contributed by atoms with Crippen LogP contribution in [0.25, 0.3) is 0 Å². The maximum atomic E-state index is 12.2. The van der Waals surface area contributed by atoms with Gasteiger partial charge in [0.05, 0.1) is 9.79 Å². The SMILES string of the molecule is CS(=O)(=O)c1ccc(S(=O)(=O)NC(CN)C2CC2)cc1.Cl. The average molecular weight is 355 g/mol. The highest BCUT2D eigenvalue weighted by molar-refractivity contribution is 7.90. The van der Waals surface area contributed by atoms with Crippen LogP contribution in [-0.4, -0.2) is 35.7 Å². The maximum absolute atomic E-state index is 12.2. The summed E-state index contributed by atoms with van der Waals surface area (Å²) in [5.41, 5.74) is 5.57. The average Bonchev–Trinajstić information content (AvgIpc) is 3.19. The third kappa shape index (κ3) is 4.65. The summed E-state index contributed by atoms with van der Waals surface area (Å²) in [6.45, 7) is 0.255. The van der Waals surface area contributed by atoms with Crippen molar-refractivity contribution in [3.05, 3.63) is 24.3 Å². The third-order valence-corrected chi connectivity index (χ3v) is 5.95. The van der Waals surface area contributed by atoms with Gasteiger partial charge in [-0.1, -0.05) is 0 Å². The van der Waals surface area contributed by atoms with Crippen LogP contribution in [0, 0.1) is 5.92 Å². The highest BCUT2D eigenvalue weighted by Crippen LogP contribution is 2.32. The summed E-state index contributed by atoms with van der Waals surface area (Å²) in [5.74, 6) is 0.310. The van der Waals surface area contributed by atoms with Crippen molar-refractivity contribution in [2.75, 3.05) is 12.8 Å². The number of nitrogens with one attached hydrogen (secondary N) is 1. The first-order valence-corrected chi connectivity index (χ1v) is 9.64. The lowest BCUT2D eigenvalue weighted by atomic mass is 10.2. The molecular weight excluding hydrogens is 336 g/mol. The van der Waals surface area contributed by atoms with Crippen LogP contribution in [-0.2, 0) is 19.9 Å². The Labute approximate surface area is 131 Å². The zero-order valence-corrected chi connectivity index (χ0v) is 14.0. The van der Waals surface area contributed by atoms with Gasteiger partial charge in [0.2, 0.25) is 10.0 Å². The predicted octanol–water partition coefficient (Wildman–Crippen LogP) is 0.528. The molecule has 2 rings (SSSR count). The minimum absolute atomic E-state index is 0. The van der Waals surface area contributed by atoms with Gasteiger partial charge in [-0.3, -0.25) is 0 Å². The molecular formula is C12H19ClN2O4S2. The van der Waals surface area contributed by atoms with E-state index in [1.165, 1.54) is 24.3 Å². The van der Waals surface area contributed by atoms with Crippen molar-refractivity contribution in [3.63, 3.8) is 0 Å². The number of benzene rings is 1. The van der Waals surface area contributed by atoms with E-state index in [0.717, 1.165) is 19.1 Å². The molecule has 21 heavy (non-hydrogen) atoms. The molecule has 1 aliphatic rings. The Bertz CT molecular complexity index is 682. The Balaban J connectivity index is 0.00000220. The second-order valence-corrected chi connectivity index (χ2v) is 8.77. The highest BCUT2D eigenvalue weighted by atomic mass is 35.5. The molecule has 1 saturated carbocycles. The number of sulfonamides is 1. The number of halogens is 1. The number of sulfone groups is 1. The summed E-state index contributed by atoms with van der Waals surface area (Å²) in [6, 6.07) is 4.91. The van der Waals surface area contributed by atoms with Crippen LogP contribution in [0.5, 0.6) is 0 Å². The Morgan fingerprint density at radius 3 is 2.00 bits per heavy atom. The molecule has 1 aromatic rings. The molecule has 1 aromatic carbocycles. The molecule has 1 atom stereocenters. The van der Waals surface area contributed by atoms with E-state index < -0.39 is 19.9 Å². The summed E-state index contributed by atoms with van der Waals surface area (Å²) in [7, 11) is -7.00. The van der Waals surface area contributed by atoms with Crippen LogP contribution in [0.1, 0.15) is 12.8 Å². The van der Waals surface area contributed by atoms with Gasteiger partial charge in [0.25, 0.3) is 0 Å². The van der Waals surface area contributed by atoms with Gasteiger partial charge in [0.1, 0.15) is 0 Å². The number of rotatable bonds is 6. The molecule has 6 nitrogen and oxygen atoms in total. The summed E-state index contributed by atoms with van der Waals surface area (Å²) in [4.78, 5) is 0.137. The number of hydrogen-bond acceptors (Lipinski definition) is 5. The Morgan fingerprint density at radius 2 is 1.62 bits per heavy atom. The van der Waals surface area contributed by atoms with Gasteiger partial charge < -0.3 is 5.73 Å². The minimum atomic E-state index is -3.66. The molecule has 120 valence electrons. The van der Waals surface area contributed by atoms with Gasteiger partial charge in [0, 0.05) is 18.8 Å². The van der Waals surface area contributed by atoms with Crippen molar-refractivity contribution in [3.8, 4) is 0 Å². The van der Waals surface area contributed by atoms with Crippen molar-refractivity contribution in [1.29, 1.82) is 0 Å². The largest absolute Gasteiger partial charge is 0.329 e. The fourth-order valence-corrected chi connectivity index (χ4v) is 3.92. The molecule has 1 unspecified atom stereocenters. The first-order valence-electron chi connectivity index (χ1n) is 6.26. The Kier molecular flexibility index (Phi) is 5.79. The van der Waals surface area contributed by atoms with Crippen LogP contribution in [0.3, 0.4) is 0 Å². The van der Waals surface area contributed by atoms with Gasteiger partial charge >= 0.3 is 0 Å². The molecule has 9 heteroatoms. The first-order chi connectivity index (χ1) is 9.24. The van der Waals surface area contributed by atoms with Gasteiger partial charge in [-0.05, 0) is 43.0 Å². The predicted molar refractivity (Wildman–Crippen MR) is 82.7 cm³/mol. The normalized spacial score (nSPS) is 17.0. The molecule has 0 bridgehead atoms. The monoisotopic (exact) mass is 354 g/mol. The molecule has 1 aliphatic carbocycles. The summed E-state index contributed by atoms with van der Waals surface area (Å²) in [6.07, 6.45) is 3.04. The summed E-state index contributed by atoms with van der Waals surface area (Å²) >= 11 is 0. The molecule has 0 heterocycles. The van der Waals surface area contributed by atoms with E-state index in [0.29, 0.717) is 5.92 Å². The molecule has 0 radical (unpaired) electrons. The lowest BCUT2D eigenvalue weighted by Gasteiger charge is -2.16. The van der Waals surface area contributed by atoms with Gasteiger partial charge in [-0.25, -0.2) is 21.6 Å². The van der Waals surface area contributed by atoms with E-state index in [-0.39, 0.29) is 34.8 Å². The Hall–Kier alpha value is -0.670. The van der Waals surface area contributed by atoms with E-state index in [2.05, 4.69) is 4.72 Å². The second kappa shape index (κ2) is 6.62. The van der Waals surface area contributed by atoms with Crippen LogP contribution < -0.4 is 10.5 Å². The topological polar surface area (TPSA) is 106 Å². The van der Waals surface area contributed by atoms with E-state index in [1.54, 1.807) is 0 Å². The number of hydrogen-bond donors (Lipinski definition) is 2. The molecule has 1 fully saturated rings. The molecule has 0 spiro atoms. The fraction of sp³-hybridized carbons (Fsp3) is 0.500. The smallest absolute Gasteiger partial charge is 0.240 e. The minimum Gasteiger partial charge on any atom is -0.329 e. The highest BCUT2D eigenvalue weighted by Gasteiger charge is 2.33. The lowest BCUT2D eigenvalue weighted by Crippen LogP contribution is -2.41. The van der Waals surface area contributed by atoms with E-state index in [1.807, 2.05) is 0 Å². The molecule has 0 saturated heterocycles. The second-order valence-electron chi connectivity index (χ2n) is 5.04. The van der Waals surface area contributed by atoms with Crippen LogP contribution >= 0.6 is 12.4 Å². The molecule has 0 aromatic heterocycles. The lowest BCUT2D eigenvalue weighted by molar-refractivity contribution is 0.519. The third-order valence-electron chi connectivity index (χ3n) is 3.31. The molecule has 0 amide bonds. The van der Waals surface area contributed by atoms with Crippen LogP contribution in [0.2, 0.25) is 0 Å². The maximum Gasteiger partial charge on any atom is 0.240 e. The summed E-state index contributed by atoms with van der Waals surface area (Å²) < 4.78 is 49.6. The number of nitrogens with two attached hydrogens (primary N) is 1. The quantitative estimate of drug-likeness (QED) is 0.774. The van der Waals surface area contributed by atoms with Crippen molar-refractivity contribution in [2.24, 2.45) is 11.7 Å². The van der Waals surface area contributed by atoms with E-state index >= 15 is 0 Å². The van der Waals surface area contributed by atoms with Crippen molar-refractivity contribution >= 4 is 32.3 Å². The standard InChI is InChI=1S/C12H18N2O4S2.ClH/c1-19(15,16)10-4-6-11(7-5-10)20(17,18)14-12(8-13)9-2-3-9;/h4-7,9,12,14H,2-3,8,13H2,1H3;1H. The van der Waals surface area contributed by atoms with Crippen molar-refractivity contribution in [1.82, 2.24) is 4.72 Å². The van der Waals surface area contributed by atoms with Crippen LogP contribution in [0.15, 0.2) is 34.1 Å². The van der Waals surface area contributed by atoms with Crippen LogP contribution in [0.4, 0.5) is 0 Å². The molecule has 0 aliphatic heterocycles. The van der Waals surface area contributed by atoms with E-state index in [4.69, 9.17) is 5.73 Å². The Morgan fingerprint density at radius 1 is 1.14 bits per heavy atom. The van der Waals surface area contributed by atoms with E-state index in [9.17, 15) is 16.8 Å². The zero-order valence-electron chi connectivity index (χ0n) is 11.5. The van der Waals surface area contributed by atoms with Gasteiger partial charge in [0.15, 0.2) is 9.84 Å².